The summed E-state index contributed by atoms with van der Waals surface area (Å²) in [5, 5.41) is 1.72. The lowest BCUT2D eigenvalue weighted by Gasteiger charge is -2.15. The van der Waals surface area contributed by atoms with Crippen LogP contribution in [0.25, 0.3) is 0 Å². The van der Waals surface area contributed by atoms with Gasteiger partial charge >= 0.3 is 5.97 Å². The molecule has 0 radical (unpaired) electrons. The van der Waals surface area contributed by atoms with Gasteiger partial charge in [0.2, 0.25) is 10.0 Å². The molecule has 2 amide bonds. The van der Waals surface area contributed by atoms with E-state index in [9.17, 15) is 22.8 Å². The van der Waals surface area contributed by atoms with E-state index in [1.165, 1.54) is 39.9 Å². The predicted octanol–water partition coefficient (Wildman–Crippen LogP) is 1.15. The molecule has 0 spiro atoms. The van der Waals surface area contributed by atoms with Gasteiger partial charge in [0, 0.05) is 13.1 Å². The van der Waals surface area contributed by atoms with Crippen molar-refractivity contribution in [1.29, 1.82) is 0 Å². The molecule has 9 nitrogen and oxygen atoms in total. The van der Waals surface area contributed by atoms with E-state index in [1.54, 1.807) is 17.5 Å². The Hall–Kier alpha value is -2.76. The average molecular weight is 437 g/mol. The summed E-state index contributed by atoms with van der Waals surface area (Å²) in [4.78, 5) is 36.1. The third-order valence-corrected chi connectivity index (χ3v) is 6.93. The number of benzene rings is 1. The zero-order valence-corrected chi connectivity index (χ0v) is 16.9. The fourth-order valence-corrected chi connectivity index (χ4v) is 4.89. The van der Waals surface area contributed by atoms with Gasteiger partial charge in [-0.25, -0.2) is 13.2 Å². The van der Waals surface area contributed by atoms with Crippen LogP contribution in [0.2, 0.25) is 0 Å². The van der Waals surface area contributed by atoms with Crippen LogP contribution in [0.3, 0.4) is 0 Å². The van der Waals surface area contributed by atoms with Crippen LogP contribution in [0.1, 0.15) is 32.9 Å². The Balaban J connectivity index is 1.54. The van der Waals surface area contributed by atoms with Gasteiger partial charge in [-0.15, -0.1) is 11.3 Å². The molecule has 1 fully saturated rings. The number of thiophene rings is 1. The van der Waals surface area contributed by atoms with Crippen LogP contribution < -0.4 is 10.9 Å². The number of carbonyl (C=O) groups is 3. The Morgan fingerprint density at radius 3 is 2.52 bits per heavy atom. The summed E-state index contributed by atoms with van der Waals surface area (Å²) in [7, 11) is -3.67. The molecular weight excluding hydrogens is 418 g/mol. The first-order valence-electron chi connectivity index (χ1n) is 8.78. The number of carbonyl (C=O) groups excluding carboxylic acids is 3. The Morgan fingerprint density at radius 2 is 1.83 bits per heavy atom. The van der Waals surface area contributed by atoms with Gasteiger partial charge in [-0.05, 0) is 42.5 Å². The average Bonchev–Trinajstić information content (AvgIpc) is 3.44. The summed E-state index contributed by atoms with van der Waals surface area (Å²) in [5.41, 5.74) is 4.36. The molecule has 0 bridgehead atoms. The van der Waals surface area contributed by atoms with Crippen molar-refractivity contribution < 1.29 is 27.5 Å². The smallest absolute Gasteiger partial charge is 0.338 e. The molecule has 2 heterocycles. The number of sulfonamides is 1. The van der Waals surface area contributed by atoms with E-state index in [0.29, 0.717) is 18.0 Å². The van der Waals surface area contributed by atoms with Crippen LogP contribution in [0.15, 0.2) is 46.7 Å². The third-order valence-electron chi connectivity index (χ3n) is 4.17. The molecule has 0 unspecified atom stereocenters. The van der Waals surface area contributed by atoms with Gasteiger partial charge < -0.3 is 4.74 Å². The number of hydrogen-bond acceptors (Lipinski definition) is 7. The van der Waals surface area contributed by atoms with Crippen molar-refractivity contribution in [3.05, 3.63) is 52.2 Å². The van der Waals surface area contributed by atoms with Crippen molar-refractivity contribution in [2.75, 3.05) is 19.7 Å². The van der Waals surface area contributed by atoms with E-state index in [1.807, 2.05) is 0 Å². The maximum atomic E-state index is 12.6. The summed E-state index contributed by atoms with van der Waals surface area (Å²) in [6.45, 7) is 0.273. The van der Waals surface area contributed by atoms with Gasteiger partial charge in [-0.3, -0.25) is 20.4 Å². The molecule has 1 aromatic heterocycles. The minimum absolute atomic E-state index is 0.00140. The first-order valence-corrected chi connectivity index (χ1v) is 11.1. The minimum Gasteiger partial charge on any atom is -0.452 e. The van der Waals surface area contributed by atoms with E-state index < -0.39 is 34.4 Å². The first kappa shape index (κ1) is 21.0. The number of nitrogens with zero attached hydrogens (tertiary/aromatic N) is 1. The molecule has 2 aromatic rings. The van der Waals surface area contributed by atoms with Crippen LogP contribution in [-0.4, -0.2) is 50.2 Å². The molecule has 1 aromatic carbocycles. The van der Waals surface area contributed by atoms with Gasteiger partial charge in [-0.2, -0.15) is 4.31 Å². The van der Waals surface area contributed by atoms with E-state index in [-0.39, 0.29) is 10.5 Å². The second-order valence-electron chi connectivity index (χ2n) is 6.19. The Kier molecular flexibility index (Phi) is 6.62. The Bertz CT molecular complexity index is 998. The third kappa shape index (κ3) is 5.19. The van der Waals surface area contributed by atoms with E-state index in [4.69, 9.17) is 4.74 Å². The minimum atomic E-state index is -3.67. The SMILES string of the molecule is O=C(COC(=O)c1cccc(S(=O)(=O)N2CCCC2)c1)NNC(=O)c1cccs1. The Labute approximate surface area is 171 Å². The molecule has 0 saturated carbocycles. The normalized spacial score (nSPS) is 14.3. The molecule has 11 heteroatoms. The van der Waals surface area contributed by atoms with Gasteiger partial charge in [0.25, 0.3) is 11.8 Å². The van der Waals surface area contributed by atoms with Crippen LogP contribution >= 0.6 is 11.3 Å². The molecule has 0 atom stereocenters. The highest BCUT2D eigenvalue weighted by molar-refractivity contribution is 7.89. The number of esters is 1. The Morgan fingerprint density at radius 1 is 1.07 bits per heavy atom. The molecule has 1 aliphatic heterocycles. The molecule has 3 rings (SSSR count). The summed E-state index contributed by atoms with van der Waals surface area (Å²) in [5.74, 6) is -2.06. The van der Waals surface area contributed by atoms with E-state index in [0.717, 1.165) is 12.8 Å². The lowest BCUT2D eigenvalue weighted by Crippen LogP contribution is -2.43. The van der Waals surface area contributed by atoms with Crippen molar-refractivity contribution in [1.82, 2.24) is 15.2 Å². The highest BCUT2D eigenvalue weighted by atomic mass is 32.2. The van der Waals surface area contributed by atoms with Gasteiger partial charge in [0.15, 0.2) is 6.61 Å². The maximum Gasteiger partial charge on any atom is 0.338 e. The highest BCUT2D eigenvalue weighted by Crippen LogP contribution is 2.21. The van der Waals surface area contributed by atoms with Crippen LogP contribution in [0, 0.1) is 0 Å². The zero-order valence-electron chi connectivity index (χ0n) is 15.3. The fourth-order valence-electron chi connectivity index (χ4n) is 2.71. The summed E-state index contributed by atoms with van der Waals surface area (Å²) in [6, 6.07) is 8.78. The second kappa shape index (κ2) is 9.16. The number of nitrogens with one attached hydrogen (secondary N) is 2. The number of hydrogen-bond donors (Lipinski definition) is 2. The molecule has 1 aliphatic rings. The highest BCUT2D eigenvalue weighted by Gasteiger charge is 2.27. The number of rotatable bonds is 6. The lowest BCUT2D eigenvalue weighted by molar-refractivity contribution is -0.125. The zero-order chi connectivity index (χ0) is 20.9. The quantitative estimate of drug-likeness (QED) is 0.516. The van der Waals surface area contributed by atoms with Crippen molar-refractivity contribution >= 4 is 39.1 Å². The topological polar surface area (TPSA) is 122 Å². The van der Waals surface area contributed by atoms with Crippen molar-refractivity contribution in [2.45, 2.75) is 17.7 Å². The summed E-state index contributed by atoms with van der Waals surface area (Å²) < 4.78 is 31.5. The monoisotopic (exact) mass is 437 g/mol. The molecule has 29 heavy (non-hydrogen) atoms. The fraction of sp³-hybridized carbons (Fsp3) is 0.278. The van der Waals surface area contributed by atoms with Gasteiger partial charge in [0.1, 0.15) is 0 Å². The number of hydrazine groups is 1. The van der Waals surface area contributed by atoms with Gasteiger partial charge in [-0.1, -0.05) is 12.1 Å². The molecular formula is C18H19N3O6S2. The van der Waals surface area contributed by atoms with Crippen LogP contribution in [0.4, 0.5) is 0 Å². The molecule has 2 N–H and O–H groups in total. The second-order valence-corrected chi connectivity index (χ2v) is 9.08. The van der Waals surface area contributed by atoms with E-state index in [2.05, 4.69) is 10.9 Å². The van der Waals surface area contributed by atoms with Crippen molar-refractivity contribution in [2.24, 2.45) is 0 Å². The largest absolute Gasteiger partial charge is 0.452 e. The van der Waals surface area contributed by atoms with Gasteiger partial charge in [0.05, 0.1) is 15.3 Å². The number of ether oxygens (including phenoxy) is 1. The van der Waals surface area contributed by atoms with E-state index >= 15 is 0 Å². The first-order chi connectivity index (χ1) is 13.9. The summed E-state index contributed by atoms with van der Waals surface area (Å²) in [6.07, 6.45) is 1.61. The van der Waals surface area contributed by atoms with Crippen molar-refractivity contribution in [3.63, 3.8) is 0 Å². The van der Waals surface area contributed by atoms with Crippen LogP contribution in [-0.2, 0) is 19.6 Å². The van der Waals surface area contributed by atoms with Crippen LogP contribution in [0.5, 0.6) is 0 Å². The molecule has 1 saturated heterocycles. The predicted molar refractivity (Wildman–Crippen MR) is 105 cm³/mol. The van der Waals surface area contributed by atoms with Crippen molar-refractivity contribution in [3.8, 4) is 0 Å². The maximum absolute atomic E-state index is 12.6. The number of amides is 2. The molecule has 0 aliphatic carbocycles. The summed E-state index contributed by atoms with van der Waals surface area (Å²) >= 11 is 1.21. The lowest BCUT2D eigenvalue weighted by atomic mass is 10.2. The molecule has 154 valence electrons. The standard InChI is InChI=1S/C18H19N3O6S2/c22-16(19-20-17(23)15-7-4-10-28-15)12-27-18(24)13-5-3-6-14(11-13)29(25,26)21-8-1-2-9-21/h3-7,10-11H,1-2,8-9,12H2,(H,19,22)(H,20,23).